The normalized spacial score (nSPS) is 12.2. The highest BCUT2D eigenvalue weighted by Crippen LogP contribution is 2.54. The summed E-state index contributed by atoms with van der Waals surface area (Å²) < 4.78 is 14.7. The van der Waals surface area contributed by atoms with Crippen LogP contribution in [-0.4, -0.2) is 67.3 Å². The van der Waals surface area contributed by atoms with Crippen molar-refractivity contribution in [3.05, 3.63) is 462 Å². The number of pyridine rings is 4. The molecule has 0 aliphatic rings. The van der Waals surface area contributed by atoms with Crippen molar-refractivity contribution in [1.29, 1.82) is 0 Å². The standard InChI is InChI=1S/C44H26N4.2C43H25N5/c1-2-13-27(14-3-1)47-35-22-8-6-17-32(35)38-34-21-12-26-46-42(34)40-33-18-7-9-23-36(33)48(44(40)43(38)47)37-24-10-19-30-28-15-4-5-16-29(28)31-20-11-25-45-41(31)39(30)37;1-2-12-26(13-3-1)47-34-20-8-7-17-32(34)39-41-33(24-44-25-46-41)37-31-16-6-9-21-35(31)48(42(37)43(39)47)36-22-10-18-29-27-14-4-5-15-28(27)30-19-11-23-45-40(30)38(29)36;1-2-12-26(13-3-1)47-34-20-8-6-16-31(34)37-33-24-44-25-46-41(33)39-32-17-7-9-21-35(32)48(43(39)42(37)47)36-22-10-18-29-27-14-4-5-15-28(27)30-19-11-23-45-40(30)38(29)36/h1-26H;2*1-25H. The molecule has 0 radical (unpaired) electrons. The fourth-order valence-corrected chi connectivity index (χ4v) is 24.8. The molecular weight excluding hydrogens is 1760 g/mol. The quantitative estimate of drug-likeness (QED) is 0.150. The zero-order chi connectivity index (χ0) is 94.0. The number of rotatable bonds is 6. The van der Waals surface area contributed by atoms with Gasteiger partial charge in [-0.3, -0.25) is 19.9 Å². The van der Waals surface area contributed by atoms with E-state index in [1.165, 1.54) is 81.1 Å². The van der Waals surface area contributed by atoms with E-state index in [-0.39, 0.29) is 0 Å². The van der Waals surface area contributed by atoms with Gasteiger partial charge in [-0.05, 0) is 164 Å². The van der Waals surface area contributed by atoms with Gasteiger partial charge in [-0.25, -0.2) is 19.9 Å². The van der Waals surface area contributed by atoms with Gasteiger partial charge in [-0.2, -0.15) is 0 Å². The maximum absolute atomic E-state index is 5.12. The van der Waals surface area contributed by atoms with Gasteiger partial charge in [-0.1, -0.05) is 297 Å². The molecule has 0 bridgehead atoms. The lowest BCUT2D eigenvalue weighted by Crippen LogP contribution is -2.00. The van der Waals surface area contributed by atoms with Gasteiger partial charge in [-0.15, -0.1) is 0 Å². The van der Waals surface area contributed by atoms with E-state index in [4.69, 9.17) is 29.9 Å². The Labute approximate surface area is 819 Å². The molecule has 12 heterocycles. The topological polar surface area (TPSA) is 133 Å². The lowest BCUT2D eigenvalue weighted by atomic mass is 9.96. The van der Waals surface area contributed by atoms with Crippen LogP contribution in [0.25, 0.3) is 295 Å². The lowest BCUT2D eigenvalue weighted by Gasteiger charge is -2.17. The van der Waals surface area contributed by atoms with E-state index >= 15 is 0 Å². The summed E-state index contributed by atoms with van der Waals surface area (Å²) in [6.07, 6.45) is 15.0. The summed E-state index contributed by atoms with van der Waals surface area (Å²) in [5.41, 5.74) is 26.2. The fraction of sp³-hybridized carbons (Fsp3) is 0. The molecule has 0 N–H and O–H groups in total. The predicted octanol–water partition coefficient (Wildman–Crippen LogP) is 32.6. The van der Waals surface area contributed by atoms with Crippen LogP contribution in [0, 0.1) is 0 Å². The summed E-state index contributed by atoms with van der Waals surface area (Å²) >= 11 is 0. The molecular formula is C130H76N14. The lowest BCUT2D eigenvalue weighted by molar-refractivity contribution is 1.16. The molecule has 0 fully saturated rings. The van der Waals surface area contributed by atoms with Crippen LogP contribution in [0.3, 0.4) is 0 Å². The second-order valence-corrected chi connectivity index (χ2v) is 37.4. The number of hydrogen-bond donors (Lipinski definition) is 0. The summed E-state index contributed by atoms with van der Waals surface area (Å²) in [6.45, 7) is 0. The molecule has 14 heteroatoms. The van der Waals surface area contributed by atoms with Gasteiger partial charge in [0.2, 0.25) is 0 Å². The minimum Gasteiger partial charge on any atom is -0.307 e. The number of benzene rings is 21. The molecule has 21 aromatic carbocycles. The highest BCUT2D eigenvalue weighted by atomic mass is 15.1. The summed E-state index contributed by atoms with van der Waals surface area (Å²) in [6, 6.07) is 148. The van der Waals surface area contributed by atoms with Crippen molar-refractivity contribution in [2.75, 3.05) is 0 Å². The highest BCUT2D eigenvalue weighted by Gasteiger charge is 2.33. The van der Waals surface area contributed by atoms with Crippen molar-refractivity contribution in [1.82, 2.24) is 67.3 Å². The van der Waals surface area contributed by atoms with E-state index in [0.29, 0.717) is 0 Å². The number of nitrogens with zero attached hydrogens (tertiary/aromatic N) is 14. The third-order valence-electron chi connectivity index (χ3n) is 30.2. The summed E-state index contributed by atoms with van der Waals surface area (Å²) in [5, 5.41) is 34.9. The maximum Gasteiger partial charge on any atom is 0.116 e. The molecule has 666 valence electrons. The molecule has 0 spiro atoms. The Bertz CT molecular complexity index is 10200. The Morgan fingerprint density at radius 1 is 0.132 bits per heavy atom. The molecule has 0 aliphatic heterocycles. The van der Waals surface area contributed by atoms with Gasteiger partial charge in [0.1, 0.15) is 12.7 Å². The van der Waals surface area contributed by atoms with Crippen LogP contribution in [0.2, 0.25) is 0 Å². The zero-order valence-electron chi connectivity index (χ0n) is 77.1. The fourth-order valence-electron chi connectivity index (χ4n) is 24.8. The number of fused-ring (bicyclic) bond motifs is 48. The summed E-state index contributed by atoms with van der Waals surface area (Å²) in [4.78, 5) is 39.5. The van der Waals surface area contributed by atoms with Crippen LogP contribution in [0.4, 0.5) is 0 Å². The van der Waals surface area contributed by atoms with Crippen LogP contribution in [-0.2, 0) is 0 Å². The van der Waals surface area contributed by atoms with Crippen LogP contribution in [0.1, 0.15) is 0 Å². The smallest absolute Gasteiger partial charge is 0.116 e. The first kappa shape index (κ1) is 79.4. The number of aromatic nitrogens is 14. The van der Waals surface area contributed by atoms with Gasteiger partial charge < -0.3 is 27.4 Å². The molecule has 33 aromatic rings. The van der Waals surface area contributed by atoms with Crippen molar-refractivity contribution < 1.29 is 0 Å². The van der Waals surface area contributed by atoms with Gasteiger partial charge in [0.05, 0.1) is 116 Å². The maximum atomic E-state index is 5.12. The van der Waals surface area contributed by atoms with E-state index in [1.807, 2.05) is 55.4 Å². The van der Waals surface area contributed by atoms with Gasteiger partial charge in [0, 0.05) is 167 Å². The average Bonchev–Trinajstić information content (AvgIpc) is 1.53. The molecule has 0 saturated heterocycles. The molecule has 0 saturated carbocycles. The number of hydrogen-bond acceptors (Lipinski definition) is 8. The molecule has 144 heavy (non-hydrogen) atoms. The molecule has 0 atom stereocenters. The molecule has 0 amide bonds. The largest absolute Gasteiger partial charge is 0.307 e. The molecule has 0 unspecified atom stereocenters. The minimum absolute atomic E-state index is 0.951. The molecule has 33 rings (SSSR count). The van der Waals surface area contributed by atoms with Crippen molar-refractivity contribution in [2.24, 2.45) is 0 Å². The molecule has 0 aliphatic carbocycles. The predicted molar refractivity (Wildman–Crippen MR) is 598 cm³/mol. The van der Waals surface area contributed by atoms with Crippen molar-refractivity contribution >= 4 is 261 Å². The van der Waals surface area contributed by atoms with Crippen LogP contribution < -0.4 is 0 Å². The van der Waals surface area contributed by atoms with E-state index < -0.39 is 0 Å². The number of para-hydroxylation sites is 9. The molecule has 12 aromatic heterocycles. The third kappa shape index (κ3) is 11.1. The van der Waals surface area contributed by atoms with Crippen LogP contribution in [0.15, 0.2) is 462 Å². The molecule has 14 nitrogen and oxygen atoms in total. The Hall–Kier alpha value is -19.7. The Morgan fingerprint density at radius 3 is 0.653 bits per heavy atom. The van der Waals surface area contributed by atoms with Gasteiger partial charge >= 0.3 is 0 Å². The second kappa shape index (κ2) is 30.9. The SMILES string of the molecule is c1ccc(-n2c3ccccc3c3c4cccnc4c4c5ccccc5n(-c5cccc6c7ccccc7c7cccnc7c56)c4c32)cc1.c1ccc(-n2c3ccccc3c3c4cncnc4c4c5ccccc5n(-c5cccc6c7ccccc7c7cccnc7c56)c4c32)cc1.c1ccc(-n2c3ccccc3c3c4ncncc4c4c5ccccc5n(-c5cccc6c7ccccc7c7cccnc7c56)c4c32)cc1. The van der Waals surface area contributed by atoms with Gasteiger partial charge in [0.15, 0.2) is 0 Å². The van der Waals surface area contributed by atoms with Crippen molar-refractivity contribution in [3.8, 4) is 34.1 Å². The first-order chi connectivity index (χ1) is 71.6. The summed E-state index contributed by atoms with van der Waals surface area (Å²) in [5.74, 6) is 0. The second-order valence-electron chi connectivity index (χ2n) is 37.4. The summed E-state index contributed by atoms with van der Waals surface area (Å²) in [7, 11) is 0. The monoisotopic (exact) mass is 1830 g/mol. The Morgan fingerprint density at radius 2 is 0.340 bits per heavy atom. The highest BCUT2D eigenvalue weighted by molar-refractivity contribution is 6.41. The van der Waals surface area contributed by atoms with Crippen LogP contribution >= 0.6 is 0 Å². The first-order valence-electron chi connectivity index (χ1n) is 48.8. The minimum atomic E-state index is 0.951. The van der Waals surface area contributed by atoms with Gasteiger partial charge in [0.25, 0.3) is 0 Å². The van der Waals surface area contributed by atoms with Crippen molar-refractivity contribution in [3.63, 3.8) is 0 Å². The van der Waals surface area contributed by atoms with E-state index in [1.54, 1.807) is 12.7 Å². The van der Waals surface area contributed by atoms with E-state index in [0.717, 1.165) is 214 Å². The third-order valence-corrected chi connectivity index (χ3v) is 30.2. The zero-order valence-corrected chi connectivity index (χ0v) is 77.1. The Balaban J connectivity index is 0.0000000986. The van der Waals surface area contributed by atoms with E-state index in [2.05, 4.69) is 432 Å². The van der Waals surface area contributed by atoms with Crippen molar-refractivity contribution in [2.45, 2.75) is 0 Å². The average molecular weight is 1830 g/mol. The first-order valence-corrected chi connectivity index (χ1v) is 48.8. The van der Waals surface area contributed by atoms with Crippen LogP contribution in [0.5, 0.6) is 0 Å². The van der Waals surface area contributed by atoms with E-state index in [9.17, 15) is 0 Å². The Kier molecular flexibility index (Phi) is 17.0.